The monoisotopic (exact) mass is 265 g/mol. The molecule has 2 amide bonds. The van der Waals surface area contributed by atoms with E-state index in [1.165, 1.54) is 12.1 Å². The van der Waals surface area contributed by atoms with E-state index >= 15 is 0 Å². The molecule has 0 unspecified atom stereocenters. The third kappa shape index (κ3) is 4.21. The van der Waals surface area contributed by atoms with Gasteiger partial charge < -0.3 is 15.1 Å². The number of nitrogens with zero attached hydrogens (tertiary/aromatic N) is 2. The van der Waals surface area contributed by atoms with Gasteiger partial charge >= 0.3 is 6.03 Å². The van der Waals surface area contributed by atoms with Crippen LogP contribution in [0.5, 0.6) is 0 Å². The third-order valence-corrected chi connectivity index (χ3v) is 3.37. The fourth-order valence-electron chi connectivity index (χ4n) is 2.13. The van der Waals surface area contributed by atoms with Crippen molar-refractivity contribution in [3.05, 3.63) is 35.6 Å². The van der Waals surface area contributed by atoms with Crippen LogP contribution in [0.2, 0.25) is 0 Å². The Hall–Kier alpha value is -1.62. The van der Waals surface area contributed by atoms with Crippen LogP contribution >= 0.6 is 0 Å². The molecule has 1 heterocycles. The molecule has 104 valence electrons. The Bertz CT molecular complexity index is 430. The number of nitrogens with one attached hydrogen (secondary N) is 1. The van der Waals surface area contributed by atoms with Gasteiger partial charge in [0.25, 0.3) is 0 Å². The second-order valence-electron chi connectivity index (χ2n) is 4.90. The lowest BCUT2D eigenvalue weighted by Gasteiger charge is -2.32. The molecule has 0 spiro atoms. The molecule has 0 aliphatic carbocycles. The van der Waals surface area contributed by atoms with Crippen LogP contribution < -0.4 is 5.32 Å². The van der Waals surface area contributed by atoms with Gasteiger partial charge in [0, 0.05) is 32.7 Å². The Balaban J connectivity index is 1.72. The smallest absolute Gasteiger partial charge is 0.317 e. The Labute approximate surface area is 113 Å². The molecule has 4 nitrogen and oxygen atoms in total. The largest absolute Gasteiger partial charge is 0.338 e. The predicted octanol–water partition coefficient (Wildman–Crippen LogP) is 1.33. The summed E-state index contributed by atoms with van der Waals surface area (Å²) in [5, 5.41) is 2.88. The number of rotatable bonds is 3. The highest BCUT2D eigenvalue weighted by atomic mass is 19.1. The number of urea groups is 1. The molecule has 5 heteroatoms. The molecule has 1 aliphatic rings. The van der Waals surface area contributed by atoms with Crippen molar-refractivity contribution in [2.24, 2.45) is 0 Å². The van der Waals surface area contributed by atoms with Crippen molar-refractivity contribution in [1.29, 1.82) is 0 Å². The number of hydrogen-bond acceptors (Lipinski definition) is 2. The van der Waals surface area contributed by atoms with E-state index < -0.39 is 0 Å². The predicted molar refractivity (Wildman–Crippen MR) is 72.6 cm³/mol. The zero-order chi connectivity index (χ0) is 13.7. The highest BCUT2D eigenvalue weighted by Crippen LogP contribution is 2.04. The molecule has 1 saturated heterocycles. The van der Waals surface area contributed by atoms with Gasteiger partial charge in [-0.2, -0.15) is 0 Å². The van der Waals surface area contributed by atoms with Crippen molar-refractivity contribution in [2.75, 3.05) is 39.8 Å². The molecule has 0 bridgehead atoms. The maximum atomic E-state index is 13.0. The molecule has 2 rings (SSSR count). The average molecular weight is 265 g/mol. The van der Waals surface area contributed by atoms with Gasteiger partial charge in [-0.15, -0.1) is 0 Å². The molecule has 1 aromatic rings. The lowest BCUT2D eigenvalue weighted by Crippen LogP contribution is -2.50. The molecule has 1 fully saturated rings. The molecular weight excluding hydrogens is 245 g/mol. The van der Waals surface area contributed by atoms with Crippen LogP contribution in [0.1, 0.15) is 5.56 Å². The Morgan fingerprint density at radius 1 is 1.32 bits per heavy atom. The molecule has 1 aliphatic heterocycles. The first-order valence-corrected chi connectivity index (χ1v) is 6.61. The number of likely N-dealkylation sites (N-methyl/N-ethyl adjacent to an activating group) is 1. The van der Waals surface area contributed by atoms with Gasteiger partial charge in [-0.3, -0.25) is 0 Å². The molecule has 0 atom stereocenters. The summed E-state index contributed by atoms with van der Waals surface area (Å²) in [6, 6.07) is 6.45. The van der Waals surface area contributed by atoms with E-state index in [0.717, 1.165) is 31.7 Å². The fraction of sp³-hybridized carbons (Fsp3) is 0.500. The number of piperazine rings is 1. The second-order valence-corrected chi connectivity index (χ2v) is 4.90. The van der Waals surface area contributed by atoms with Crippen LogP contribution in [0.15, 0.2) is 24.3 Å². The van der Waals surface area contributed by atoms with Crippen LogP contribution in [0.3, 0.4) is 0 Å². The first kappa shape index (κ1) is 13.8. The third-order valence-electron chi connectivity index (χ3n) is 3.37. The average Bonchev–Trinajstić information content (AvgIpc) is 2.39. The van der Waals surface area contributed by atoms with Crippen LogP contribution in [0.4, 0.5) is 9.18 Å². The Morgan fingerprint density at radius 3 is 2.74 bits per heavy atom. The highest BCUT2D eigenvalue weighted by molar-refractivity contribution is 5.74. The Morgan fingerprint density at radius 2 is 2.05 bits per heavy atom. The first-order chi connectivity index (χ1) is 9.15. The fourth-order valence-corrected chi connectivity index (χ4v) is 2.13. The van der Waals surface area contributed by atoms with Crippen molar-refractivity contribution in [3.63, 3.8) is 0 Å². The standard InChI is InChI=1S/C14H20FN3O/c1-17-7-9-18(10-8-17)14(19)16-6-5-12-3-2-4-13(15)11-12/h2-4,11H,5-10H2,1H3,(H,16,19). The summed E-state index contributed by atoms with van der Waals surface area (Å²) in [5.74, 6) is -0.233. The summed E-state index contributed by atoms with van der Waals surface area (Å²) in [6.45, 7) is 3.90. The Kier molecular flexibility index (Phi) is 4.74. The highest BCUT2D eigenvalue weighted by Gasteiger charge is 2.18. The van der Waals surface area contributed by atoms with Gasteiger partial charge in [-0.25, -0.2) is 9.18 Å². The van der Waals surface area contributed by atoms with Crippen LogP contribution in [-0.4, -0.2) is 55.6 Å². The number of halogens is 1. The first-order valence-electron chi connectivity index (χ1n) is 6.61. The number of carbonyl (C=O) groups is 1. The van der Waals surface area contributed by atoms with Gasteiger partial charge in [0.15, 0.2) is 0 Å². The zero-order valence-electron chi connectivity index (χ0n) is 11.2. The lowest BCUT2D eigenvalue weighted by molar-refractivity contribution is 0.154. The van der Waals surface area contributed by atoms with Gasteiger partial charge in [0.2, 0.25) is 0 Å². The number of amides is 2. The number of hydrogen-bond donors (Lipinski definition) is 1. The summed E-state index contributed by atoms with van der Waals surface area (Å²) in [7, 11) is 2.05. The maximum absolute atomic E-state index is 13.0. The topological polar surface area (TPSA) is 35.6 Å². The normalized spacial score (nSPS) is 16.4. The SMILES string of the molecule is CN1CCN(C(=O)NCCc2cccc(F)c2)CC1. The van der Waals surface area contributed by atoms with E-state index in [1.54, 1.807) is 6.07 Å². The summed E-state index contributed by atoms with van der Waals surface area (Å²) < 4.78 is 13.0. The minimum atomic E-state index is -0.233. The zero-order valence-corrected chi connectivity index (χ0v) is 11.2. The van der Waals surface area contributed by atoms with Crippen molar-refractivity contribution >= 4 is 6.03 Å². The van der Waals surface area contributed by atoms with Crippen LogP contribution in [0.25, 0.3) is 0 Å². The number of carbonyl (C=O) groups excluding carboxylic acids is 1. The van der Waals surface area contributed by atoms with Crippen LogP contribution in [0, 0.1) is 5.82 Å². The molecule has 1 N–H and O–H groups in total. The maximum Gasteiger partial charge on any atom is 0.317 e. The van der Waals surface area contributed by atoms with Crippen molar-refractivity contribution in [1.82, 2.24) is 15.1 Å². The molecule has 1 aromatic carbocycles. The summed E-state index contributed by atoms with van der Waals surface area (Å²) in [5.41, 5.74) is 0.902. The minimum absolute atomic E-state index is 0.0236. The van der Waals surface area contributed by atoms with Crippen molar-refractivity contribution < 1.29 is 9.18 Å². The van der Waals surface area contributed by atoms with Gasteiger partial charge in [0.1, 0.15) is 5.82 Å². The van der Waals surface area contributed by atoms with E-state index in [2.05, 4.69) is 17.3 Å². The molecule has 0 radical (unpaired) electrons. The van der Waals surface area contributed by atoms with Crippen molar-refractivity contribution in [3.8, 4) is 0 Å². The summed E-state index contributed by atoms with van der Waals surface area (Å²) in [6.07, 6.45) is 0.650. The lowest BCUT2D eigenvalue weighted by atomic mass is 10.1. The van der Waals surface area contributed by atoms with Crippen LogP contribution in [-0.2, 0) is 6.42 Å². The number of benzene rings is 1. The quantitative estimate of drug-likeness (QED) is 0.895. The molecular formula is C14H20FN3O. The molecule has 0 aromatic heterocycles. The summed E-state index contributed by atoms with van der Waals surface area (Å²) >= 11 is 0. The summed E-state index contributed by atoms with van der Waals surface area (Å²) in [4.78, 5) is 15.9. The van der Waals surface area contributed by atoms with E-state index in [-0.39, 0.29) is 11.8 Å². The molecule has 0 saturated carbocycles. The van der Waals surface area contributed by atoms with Gasteiger partial charge in [-0.05, 0) is 31.2 Å². The molecule has 19 heavy (non-hydrogen) atoms. The van der Waals surface area contributed by atoms with E-state index in [4.69, 9.17) is 0 Å². The van der Waals surface area contributed by atoms with Crippen molar-refractivity contribution in [2.45, 2.75) is 6.42 Å². The van der Waals surface area contributed by atoms with Gasteiger partial charge in [-0.1, -0.05) is 12.1 Å². The van der Waals surface area contributed by atoms with E-state index in [9.17, 15) is 9.18 Å². The minimum Gasteiger partial charge on any atom is -0.338 e. The second kappa shape index (κ2) is 6.52. The van der Waals surface area contributed by atoms with E-state index in [1.807, 2.05) is 11.0 Å². The van der Waals surface area contributed by atoms with E-state index in [0.29, 0.717) is 13.0 Å². The van der Waals surface area contributed by atoms with Gasteiger partial charge in [0.05, 0.1) is 0 Å².